The van der Waals surface area contributed by atoms with E-state index < -0.39 is 0 Å². The molecule has 8 nitrogen and oxygen atoms in total. The van der Waals surface area contributed by atoms with Crippen molar-refractivity contribution in [2.75, 3.05) is 11.9 Å². The van der Waals surface area contributed by atoms with Gasteiger partial charge in [0.15, 0.2) is 5.65 Å². The van der Waals surface area contributed by atoms with Crippen molar-refractivity contribution in [3.05, 3.63) is 47.1 Å². The van der Waals surface area contributed by atoms with Gasteiger partial charge in [0.25, 0.3) is 5.56 Å². The Labute approximate surface area is 137 Å². The van der Waals surface area contributed by atoms with Crippen molar-refractivity contribution in [2.24, 2.45) is 7.05 Å². The number of amides is 1. The molecule has 8 heteroatoms. The Morgan fingerprint density at radius 1 is 1.33 bits per heavy atom. The fourth-order valence-electron chi connectivity index (χ4n) is 2.37. The molecule has 0 saturated carbocycles. The lowest BCUT2D eigenvalue weighted by molar-refractivity contribution is -0.116. The smallest absolute Gasteiger partial charge is 0.264 e. The van der Waals surface area contributed by atoms with Crippen LogP contribution < -0.4 is 15.6 Å². The van der Waals surface area contributed by atoms with Crippen LogP contribution in [0.15, 0.2) is 41.6 Å². The van der Waals surface area contributed by atoms with Crippen molar-refractivity contribution in [1.82, 2.24) is 19.3 Å². The van der Waals surface area contributed by atoms with Crippen LogP contribution in [-0.2, 0) is 18.4 Å². The van der Waals surface area contributed by atoms with E-state index in [0.29, 0.717) is 29.1 Å². The van der Waals surface area contributed by atoms with Crippen molar-refractivity contribution < 1.29 is 9.53 Å². The van der Waals surface area contributed by atoms with Crippen LogP contribution in [-0.4, -0.2) is 31.8 Å². The predicted molar refractivity (Wildman–Crippen MR) is 89.0 cm³/mol. The maximum Gasteiger partial charge on any atom is 0.264 e. The third kappa shape index (κ3) is 2.98. The summed E-state index contributed by atoms with van der Waals surface area (Å²) in [6, 6.07) is 7.14. The molecule has 1 aromatic carbocycles. The third-order valence-electron chi connectivity index (χ3n) is 3.49. The molecule has 1 N–H and O–H groups in total. The highest BCUT2D eigenvalue weighted by Gasteiger charge is 2.12. The number of carbonyl (C=O) groups excluding carboxylic acids is 1. The summed E-state index contributed by atoms with van der Waals surface area (Å²) in [5.74, 6) is 0.246. The zero-order valence-corrected chi connectivity index (χ0v) is 13.4. The van der Waals surface area contributed by atoms with E-state index in [0.717, 1.165) is 0 Å². The minimum absolute atomic E-state index is 0.142. The highest BCUT2D eigenvalue weighted by molar-refractivity contribution is 5.92. The lowest BCUT2D eigenvalue weighted by Gasteiger charge is -2.11. The minimum Gasteiger partial charge on any atom is -0.492 e. The molecule has 24 heavy (non-hydrogen) atoms. The molecule has 3 rings (SSSR count). The molecule has 0 fully saturated rings. The molecule has 0 aliphatic rings. The number of para-hydroxylation sites is 2. The molecule has 0 saturated heterocycles. The van der Waals surface area contributed by atoms with E-state index in [1.54, 1.807) is 25.2 Å². The van der Waals surface area contributed by atoms with Crippen LogP contribution in [0.1, 0.15) is 6.92 Å². The van der Waals surface area contributed by atoms with E-state index in [1.807, 2.05) is 13.0 Å². The van der Waals surface area contributed by atoms with E-state index in [-0.39, 0.29) is 18.0 Å². The largest absolute Gasteiger partial charge is 0.492 e. The number of hydrogen-bond acceptors (Lipinski definition) is 5. The van der Waals surface area contributed by atoms with Crippen molar-refractivity contribution in [2.45, 2.75) is 13.5 Å². The van der Waals surface area contributed by atoms with Gasteiger partial charge in [-0.3, -0.25) is 18.8 Å². The van der Waals surface area contributed by atoms with E-state index in [4.69, 9.17) is 4.74 Å². The number of aryl methyl sites for hydroxylation is 1. The molecule has 124 valence electrons. The molecule has 0 bridgehead atoms. The minimum atomic E-state index is -0.339. The number of benzene rings is 1. The van der Waals surface area contributed by atoms with Gasteiger partial charge in [0.1, 0.15) is 24.0 Å². The van der Waals surface area contributed by atoms with E-state index in [1.165, 1.54) is 21.8 Å². The standard InChI is InChI=1S/C16H17N5O3/c1-3-24-13-7-5-4-6-12(13)19-14(22)9-21-10-17-15-11(16(21)23)8-18-20(15)2/h4-8,10H,3,9H2,1-2H3,(H,19,22). The summed E-state index contributed by atoms with van der Waals surface area (Å²) in [4.78, 5) is 28.8. The van der Waals surface area contributed by atoms with Gasteiger partial charge in [-0.1, -0.05) is 12.1 Å². The molecule has 0 spiro atoms. The summed E-state index contributed by atoms with van der Waals surface area (Å²) in [5, 5.41) is 7.13. The molecule has 3 aromatic rings. The number of carbonyl (C=O) groups is 1. The second kappa shape index (κ2) is 6.53. The van der Waals surface area contributed by atoms with Crippen LogP contribution in [0.4, 0.5) is 5.69 Å². The number of aromatic nitrogens is 4. The predicted octanol–water partition coefficient (Wildman–Crippen LogP) is 1.17. The topological polar surface area (TPSA) is 91.0 Å². The molecule has 0 radical (unpaired) electrons. The Bertz CT molecular complexity index is 944. The van der Waals surface area contributed by atoms with Crippen LogP contribution >= 0.6 is 0 Å². The maximum atomic E-state index is 12.4. The maximum absolute atomic E-state index is 12.4. The van der Waals surface area contributed by atoms with Gasteiger partial charge in [-0.15, -0.1) is 0 Å². The van der Waals surface area contributed by atoms with Gasteiger partial charge >= 0.3 is 0 Å². The number of ether oxygens (including phenoxy) is 1. The summed E-state index contributed by atoms with van der Waals surface area (Å²) < 4.78 is 8.23. The SMILES string of the molecule is CCOc1ccccc1NC(=O)Cn1cnc2c(cnn2C)c1=O. The van der Waals surface area contributed by atoms with Crippen molar-refractivity contribution in [3.8, 4) is 5.75 Å². The van der Waals surface area contributed by atoms with Gasteiger partial charge in [0.2, 0.25) is 5.91 Å². The van der Waals surface area contributed by atoms with Gasteiger partial charge in [-0.05, 0) is 19.1 Å². The van der Waals surface area contributed by atoms with E-state index >= 15 is 0 Å². The van der Waals surface area contributed by atoms with Gasteiger partial charge in [-0.25, -0.2) is 4.98 Å². The molecule has 2 aromatic heterocycles. The average Bonchev–Trinajstić information content (AvgIpc) is 2.94. The zero-order valence-electron chi connectivity index (χ0n) is 13.4. The summed E-state index contributed by atoms with van der Waals surface area (Å²) in [6.07, 6.45) is 2.80. The Hall–Kier alpha value is -3.16. The number of hydrogen-bond donors (Lipinski definition) is 1. The number of anilines is 1. The average molecular weight is 327 g/mol. The lowest BCUT2D eigenvalue weighted by Crippen LogP contribution is -2.28. The lowest BCUT2D eigenvalue weighted by atomic mass is 10.3. The second-order valence-electron chi connectivity index (χ2n) is 5.16. The van der Waals surface area contributed by atoms with E-state index in [2.05, 4.69) is 15.4 Å². The van der Waals surface area contributed by atoms with Crippen LogP contribution in [0.5, 0.6) is 5.75 Å². The summed E-state index contributed by atoms with van der Waals surface area (Å²) in [5.41, 5.74) is 0.743. The molecule has 1 amide bonds. The van der Waals surface area contributed by atoms with Gasteiger partial charge < -0.3 is 10.1 Å². The van der Waals surface area contributed by atoms with Gasteiger partial charge in [-0.2, -0.15) is 5.10 Å². The molecule has 2 heterocycles. The Kier molecular flexibility index (Phi) is 4.28. The van der Waals surface area contributed by atoms with E-state index in [9.17, 15) is 9.59 Å². The van der Waals surface area contributed by atoms with Crippen LogP contribution in [0.2, 0.25) is 0 Å². The molecule has 0 aliphatic heterocycles. The monoisotopic (exact) mass is 327 g/mol. The first-order valence-electron chi connectivity index (χ1n) is 7.49. The number of nitrogens with one attached hydrogen (secondary N) is 1. The van der Waals surface area contributed by atoms with Crippen LogP contribution in [0, 0.1) is 0 Å². The Morgan fingerprint density at radius 2 is 2.12 bits per heavy atom. The first-order valence-corrected chi connectivity index (χ1v) is 7.49. The second-order valence-corrected chi connectivity index (χ2v) is 5.16. The molecule has 0 aliphatic carbocycles. The van der Waals surface area contributed by atoms with Crippen molar-refractivity contribution >= 4 is 22.6 Å². The first-order chi connectivity index (χ1) is 11.6. The highest BCUT2D eigenvalue weighted by Crippen LogP contribution is 2.23. The molecule has 0 unspecified atom stereocenters. The Morgan fingerprint density at radius 3 is 2.92 bits per heavy atom. The van der Waals surface area contributed by atoms with Crippen molar-refractivity contribution in [1.29, 1.82) is 0 Å². The van der Waals surface area contributed by atoms with Gasteiger partial charge in [0.05, 0.1) is 18.5 Å². The van der Waals surface area contributed by atoms with Crippen LogP contribution in [0.3, 0.4) is 0 Å². The molecule has 0 atom stereocenters. The summed E-state index contributed by atoms with van der Waals surface area (Å²) in [6.45, 7) is 2.22. The van der Waals surface area contributed by atoms with Crippen molar-refractivity contribution in [3.63, 3.8) is 0 Å². The fourth-order valence-corrected chi connectivity index (χ4v) is 2.37. The number of rotatable bonds is 5. The number of fused-ring (bicyclic) bond motifs is 1. The highest BCUT2D eigenvalue weighted by atomic mass is 16.5. The quantitative estimate of drug-likeness (QED) is 0.759. The fraction of sp³-hybridized carbons (Fsp3) is 0.250. The third-order valence-corrected chi connectivity index (χ3v) is 3.49. The summed E-state index contributed by atoms with van der Waals surface area (Å²) in [7, 11) is 1.70. The normalized spacial score (nSPS) is 10.8. The van der Waals surface area contributed by atoms with Gasteiger partial charge in [0, 0.05) is 7.05 Å². The number of nitrogens with zero attached hydrogens (tertiary/aromatic N) is 4. The van der Waals surface area contributed by atoms with Crippen LogP contribution in [0.25, 0.3) is 11.0 Å². The molecular weight excluding hydrogens is 310 g/mol. The first kappa shape index (κ1) is 15.7. The zero-order chi connectivity index (χ0) is 17.1. The summed E-state index contributed by atoms with van der Waals surface area (Å²) >= 11 is 0. The Balaban J connectivity index is 1.81. The molecular formula is C16H17N5O3.